The normalized spacial score (nSPS) is 13.6. The van der Waals surface area contributed by atoms with Crippen molar-refractivity contribution in [1.82, 2.24) is 4.90 Å². The summed E-state index contributed by atoms with van der Waals surface area (Å²) in [4.78, 5) is 6.66. The fraction of sp³-hybridized carbons (Fsp3) is 0.357. The summed E-state index contributed by atoms with van der Waals surface area (Å²) in [5.74, 6) is 1.02. The van der Waals surface area contributed by atoms with Crippen molar-refractivity contribution < 1.29 is 0 Å². The van der Waals surface area contributed by atoms with E-state index in [1.165, 1.54) is 0 Å². The van der Waals surface area contributed by atoms with E-state index >= 15 is 0 Å². The zero-order valence-corrected chi connectivity index (χ0v) is 10.6. The van der Waals surface area contributed by atoms with Crippen LogP contribution in [-0.2, 0) is 0 Å². The SMILES string of the molecule is C=C1c2ccccc2N=C(C)N1CC.CC. The van der Waals surface area contributed by atoms with Gasteiger partial charge in [0.1, 0.15) is 5.84 Å². The fourth-order valence-electron chi connectivity index (χ4n) is 1.81. The molecule has 1 aliphatic heterocycles. The lowest BCUT2D eigenvalue weighted by Gasteiger charge is -2.29. The number of fused-ring (bicyclic) bond motifs is 1. The molecule has 0 aliphatic carbocycles. The molecule has 16 heavy (non-hydrogen) atoms. The van der Waals surface area contributed by atoms with Gasteiger partial charge in [0.05, 0.1) is 5.69 Å². The Kier molecular flexibility index (Phi) is 4.29. The summed E-state index contributed by atoms with van der Waals surface area (Å²) in [6, 6.07) is 8.12. The third-order valence-electron chi connectivity index (χ3n) is 2.53. The molecule has 0 aromatic heterocycles. The molecule has 1 aromatic carbocycles. The molecular weight excluding hydrogens is 196 g/mol. The molecule has 0 saturated carbocycles. The first-order valence-corrected chi connectivity index (χ1v) is 5.85. The lowest BCUT2D eigenvalue weighted by molar-refractivity contribution is 0.608. The van der Waals surface area contributed by atoms with Crippen LogP contribution in [0.1, 0.15) is 33.3 Å². The van der Waals surface area contributed by atoms with Gasteiger partial charge in [0, 0.05) is 17.8 Å². The molecule has 0 N–H and O–H groups in total. The lowest BCUT2D eigenvalue weighted by Crippen LogP contribution is -2.28. The highest BCUT2D eigenvalue weighted by Crippen LogP contribution is 2.32. The average Bonchev–Trinajstić information content (AvgIpc) is 2.32. The number of benzene rings is 1. The zero-order chi connectivity index (χ0) is 12.1. The van der Waals surface area contributed by atoms with Crippen LogP contribution >= 0.6 is 0 Å². The highest BCUT2D eigenvalue weighted by atomic mass is 15.2. The minimum absolute atomic E-state index is 0.919. The Labute approximate surface area is 98.3 Å². The van der Waals surface area contributed by atoms with Gasteiger partial charge in [-0.1, -0.05) is 38.6 Å². The third-order valence-corrected chi connectivity index (χ3v) is 2.53. The number of hydrogen-bond donors (Lipinski definition) is 0. The Morgan fingerprint density at radius 1 is 1.25 bits per heavy atom. The van der Waals surface area contributed by atoms with E-state index in [0.717, 1.165) is 29.3 Å². The molecule has 0 fully saturated rings. The molecule has 1 aromatic rings. The summed E-state index contributed by atoms with van der Waals surface area (Å²) < 4.78 is 0. The van der Waals surface area contributed by atoms with E-state index in [-0.39, 0.29) is 0 Å². The summed E-state index contributed by atoms with van der Waals surface area (Å²) in [6.45, 7) is 13.2. The number of hydrogen-bond acceptors (Lipinski definition) is 2. The van der Waals surface area contributed by atoms with Gasteiger partial charge in [0.25, 0.3) is 0 Å². The van der Waals surface area contributed by atoms with Crippen molar-refractivity contribution in [2.75, 3.05) is 6.54 Å². The molecule has 0 saturated heterocycles. The summed E-state index contributed by atoms with van der Waals surface area (Å²) in [6.07, 6.45) is 0. The quantitative estimate of drug-likeness (QED) is 0.691. The maximum Gasteiger partial charge on any atom is 0.106 e. The Balaban J connectivity index is 0.000000606. The fourth-order valence-corrected chi connectivity index (χ4v) is 1.81. The van der Waals surface area contributed by atoms with Crippen molar-refractivity contribution in [3.05, 3.63) is 36.4 Å². The molecule has 0 spiro atoms. The molecule has 0 atom stereocenters. The smallest absolute Gasteiger partial charge is 0.106 e. The molecule has 1 aliphatic rings. The first kappa shape index (κ1) is 12.5. The van der Waals surface area contributed by atoms with Gasteiger partial charge >= 0.3 is 0 Å². The lowest BCUT2D eigenvalue weighted by atomic mass is 10.1. The highest BCUT2D eigenvalue weighted by molar-refractivity contribution is 5.96. The number of nitrogens with zero attached hydrogens (tertiary/aromatic N) is 2. The van der Waals surface area contributed by atoms with Crippen molar-refractivity contribution >= 4 is 17.2 Å². The van der Waals surface area contributed by atoms with Crippen molar-refractivity contribution in [3.63, 3.8) is 0 Å². The minimum Gasteiger partial charge on any atom is -0.330 e. The topological polar surface area (TPSA) is 15.6 Å². The molecular formula is C14H20N2. The van der Waals surface area contributed by atoms with Gasteiger partial charge in [0.2, 0.25) is 0 Å². The van der Waals surface area contributed by atoms with Gasteiger partial charge < -0.3 is 4.90 Å². The van der Waals surface area contributed by atoms with E-state index in [1.54, 1.807) is 0 Å². The number of rotatable bonds is 1. The van der Waals surface area contributed by atoms with Gasteiger partial charge in [-0.2, -0.15) is 0 Å². The summed E-state index contributed by atoms with van der Waals surface area (Å²) in [5.41, 5.74) is 3.22. The Morgan fingerprint density at radius 3 is 2.50 bits per heavy atom. The third kappa shape index (κ3) is 2.16. The Bertz CT molecular complexity index is 405. The van der Waals surface area contributed by atoms with Crippen molar-refractivity contribution in [2.45, 2.75) is 27.7 Å². The van der Waals surface area contributed by atoms with E-state index in [9.17, 15) is 0 Å². The molecule has 2 heteroatoms. The van der Waals surface area contributed by atoms with E-state index < -0.39 is 0 Å². The van der Waals surface area contributed by atoms with Gasteiger partial charge in [-0.15, -0.1) is 0 Å². The van der Waals surface area contributed by atoms with Gasteiger partial charge in [-0.25, -0.2) is 4.99 Å². The van der Waals surface area contributed by atoms with Crippen LogP contribution in [0.2, 0.25) is 0 Å². The van der Waals surface area contributed by atoms with E-state index in [0.29, 0.717) is 0 Å². The van der Waals surface area contributed by atoms with Crippen LogP contribution in [0.15, 0.2) is 35.8 Å². The summed E-state index contributed by atoms with van der Waals surface area (Å²) in [5, 5.41) is 0. The maximum atomic E-state index is 4.53. The predicted molar refractivity (Wildman–Crippen MR) is 72.0 cm³/mol. The van der Waals surface area contributed by atoms with Crippen LogP contribution in [0.5, 0.6) is 0 Å². The zero-order valence-electron chi connectivity index (χ0n) is 10.6. The van der Waals surface area contributed by atoms with Crippen LogP contribution in [0.25, 0.3) is 5.70 Å². The standard InChI is InChI=1S/C12H14N2.C2H6/c1-4-14-9(2)11-7-5-6-8-12(11)13-10(14)3;1-2/h5-8H,2,4H2,1,3H3;1-2H3. The molecule has 1 heterocycles. The van der Waals surface area contributed by atoms with E-state index in [1.807, 2.05) is 39.0 Å². The molecule has 2 nitrogen and oxygen atoms in total. The van der Waals surface area contributed by atoms with Crippen LogP contribution in [0.3, 0.4) is 0 Å². The van der Waals surface area contributed by atoms with Crippen LogP contribution in [0.4, 0.5) is 5.69 Å². The second kappa shape index (κ2) is 5.50. The van der Waals surface area contributed by atoms with Gasteiger partial charge in [-0.3, -0.25) is 0 Å². The van der Waals surface area contributed by atoms with Crippen molar-refractivity contribution in [2.24, 2.45) is 4.99 Å². The Morgan fingerprint density at radius 2 is 1.88 bits per heavy atom. The molecule has 2 rings (SSSR count). The maximum absolute atomic E-state index is 4.53. The highest BCUT2D eigenvalue weighted by Gasteiger charge is 2.18. The van der Waals surface area contributed by atoms with Gasteiger partial charge in [0.15, 0.2) is 0 Å². The largest absolute Gasteiger partial charge is 0.330 e. The first-order chi connectivity index (χ1) is 7.74. The number of aliphatic imine (C=N–C) groups is 1. The molecule has 0 amide bonds. The summed E-state index contributed by atoms with van der Waals surface area (Å²) >= 11 is 0. The minimum atomic E-state index is 0.919. The first-order valence-electron chi connectivity index (χ1n) is 5.85. The molecule has 0 radical (unpaired) electrons. The Hall–Kier alpha value is -1.57. The van der Waals surface area contributed by atoms with E-state index in [2.05, 4.69) is 29.5 Å². The van der Waals surface area contributed by atoms with Crippen molar-refractivity contribution in [1.29, 1.82) is 0 Å². The molecule has 0 bridgehead atoms. The number of para-hydroxylation sites is 1. The van der Waals surface area contributed by atoms with Crippen LogP contribution in [0, 0.1) is 0 Å². The molecule has 86 valence electrons. The number of amidine groups is 1. The van der Waals surface area contributed by atoms with Crippen LogP contribution in [-0.4, -0.2) is 17.3 Å². The second-order valence-electron chi connectivity index (χ2n) is 3.37. The van der Waals surface area contributed by atoms with Crippen LogP contribution < -0.4 is 0 Å². The monoisotopic (exact) mass is 216 g/mol. The average molecular weight is 216 g/mol. The second-order valence-corrected chi connectivity index (χ2v) is 3.37. The summed E-state index contributed by atoms with van der Waals surface area (Å²) in [7, 11) is 0. The predicted octanol–water partition coefficient (Wildman–Crippen LogP) is 4.07. The molecule has 0 unspecified atom stereocenters. The van der Waals surface area contributed by atoms with Gasteiger partial charge in [-0.05, 0) is 19.9 Å². The van der Waals surface area contributed by atoms with E-state index in [4.69, 9.17) is 0 Å². The van der Waals surface area contributed by atoms with Crippen molar-refractivity contribution in [3.8, 4) is 0 Å².